The number of hydrogen-bond acceptors (Lipinski definition) is 4. The summed E-state index contributed by atoms with van der Waals surface area (Å²) >= 11 is 0. The highest BCUT2D eigenvalue weighted by Crippen LogP contribution is 2.41. The Morgan fingerprint density at radius 3 is 1.38 bits per heavy atom. The minimum absolute atomic E-state index is 0.854. The van der Waals surface area contributed by atoms with E-state index in [9.17, 15) is 0 Å². The van der Waals surface area contributed by atoms with Gasteiger partial charge in [0.15, 0.2) is 8.07 Å². The molecule has 12 rings (SSSR count). The van der Waals surface area contributed by atoms with Gasteiger partial charge < -0.3 is 18.6 Å². The molecular weight excluding hydrogens is 809 g/mol. The second-order valence-corrected chi connectivity index (χ2v) is 20.2. The van der Waals surface area contributed by atoms with Gasteiger partial charge in [-0.15, -0.1) is 0 Å². The lowest BCUT2D eigenvalue weighted by Crippen LogP contribution is -2.75. The maximum absolute atomic E-state index is 6.54. The SMILES string of the molecule is c1ccc(N(c2cccc([Si](c3ccccc3)(c3ccccc3)c3ccccc3N(c3ccccc3)c3ccc4c(c3)oc3ccccc34)c2)c2ccc3oc4ccccc4c3c2)cc1. The zero-order chi connectivity index (χ0) is 43.2. The van der Waals surface area contributed by atoms with Crippen LogP contribution in [0.25, 0.3) is 43.9 Å². The molecule has 0 N–H and O–H groups in total. The van der Waals surface area contributed by atoms with Gasteiger partial charge in [-0.25, -0.2) is 0 Å². The lowest BCUT2D eigenvalue weighted by Gasteiger charge is -2.39. The van der Waals surface area contributed by atoms with Crippen LogP contribution in [0.4, 0.5) is 34.1 Å². The molecule has 0 unspecified atom stereocenters. The van der Waals surface area contributed by atoms with E-state index in [2.05, 4.69) is 240 Å². The van der Waals surface area contributed by atoms with Gasteiger partial charge in [-0.05, 0) is 106 Å². The fourth-order valence-corrected chi connectivity index (χ4v) is 14.9. The summed E-state index contributed by atoms with van der Waals surface area (Å²) in [4.78, 5) is 4.80. The molecule has 0 radical (unpaired) electrons. The number of benzene rings is 10. The Hall–Kier alpha value is -8.38. The third kappa shape index (κ3) is 6.52. The van der Waals surface area contributed by atoms with Crippen molar-refractivity contribution < 1.29 is 8.83 Å². The van der Waals surface area contributed by atoms with E-state index in [4.69, 9.17) is 8.83 Å². The van der Waals surface area contributed by atoms with Crippen molar-refractivity contribution in [1.82, 2.24) is 0 Å². The summed E-state index contributed by atoms with van der Waals surface area (Å²) in [5.41, 5.74) is 9.87. The third-order valence-corrected chi connectivity index (χ3v) is 17.6. The fourth-order valence-electron chi connectivity index (χ4n) is 9.94. The molecule has 0 bridgehead atoms. The maximum Gasteiger partial charge on any atom is 0.181 e. The average Bonchev–Trinajstić information content (AvgIpc) is 3.94. The van der Waals surface area contributed by atoms with Crippen LogP contribution < -0.4 is 30.5 Å². The van der Waals surface area contributed by atoms with Crippen LogP contribution in [0.1, 0.15) is 0 Å². The summed E-state index contributed by atoms with van der Waals surface area (Å²) in [5, 5.41) is 9.50. The van der Waals surface area contributed by atoms with Crippen molar-refractivity contribution in [3.8, 4) is 0 Å². The van der Waals surface area contributed by atoms with Crippen LogP contribution in [-0.2, 0) is 0 Å². The minimum atomic E-state index is -3.21. The number of anilines is 6. The molecule has 65 heavy (non-hydrogen) atoms. The molecular formula is C60H42N2O2Si. The first-order valence-electron chi connectivity index (χ1n) is 22.1. The maximum atomic E-state index is 6.54. The number of hydrogen-bond donors (Lipinski definition) is 0. The summed E-state index contributed by atoms with van der Waals surface area (Å²) < 4.78 is 12.9. The van der Waals surface area contributed by atoms with E-state index in [-0.39, 0.29) is 0 Å². The van der Waals surface area contributed by atoms with Crippen LogP contribution in [0.2, 0.25) is 0 Å². The van der Waals surface area contributed by atoms with Gasteiger partial charge in [0.05, 0.1) is 0 Å². The molecule has 0 saturated carbocycles. The van der Waals surface area contributed by atoms with Gasteiger partial charge >= 0.3 is 0 Å². The van der Waals surface area contributed by atoms with Gasteiger partial charge in [0.2, 0.25) is 0 Å². The predicted molar refractivity (Wildman–Crippen MR) is 274 cm³/mol. The van der Waals surface area contributed by atoms with Crippen LogP contribution in [0.15, 0.2) is 264 Å². The average molecular weight is 851 g/mol. The summed E-state index contributed by atoms with van der Waals surface area (Å²) in [6.07, 6.45) is 0. The van der Waals surface area contributed by atoms with E-state index in [1.807, 2.05) is 24.3 Å². The largest absolute Gasteiger partial charge is 0.456 e. The fraction of sp³-hybridized carbons (Fsp3) is 0. The van der Waals surface area contributed by atoms with Crippen molar-refractivity contribution in [2.75, 3.05) is 9.80 Å². The molecule has 0 saturated heterocycles. The van der Waals surface area contributed by atoms with Gasteiger partial charge in [-0.3, -0.25) is 0 Å². The molecule has 0 fully saturated rings. The number of para-hydroxylation sites is 5. The molecule has 0 aliphatic rings. The Labute approximate surface area is 378 Å². The Morgan fingerprint density at radius 1 is 0.262 bits per heavy atom. The van der Waals surface area contributed by atoms with Crippen molar-refractivity contribution in [3.63, 3.8) is 0 Å². The second-order valence-electron chi connectivity index (χ2n) is 16.4. The zero-order valence-corrected chi connectivity index (χ0v) is 36.5. The van der Waals surface area contributed by atoms with E-state index >= 15 is 0 Å². The zero-order valence-electron chi connectivity index (χ0n) is 35.5. The molecule has 4 nitrogen and oxygen atoms in total. The van der Waals surface area contributed by atoms with Crippen LogP contribution in [0.5, 0.6) is 0 Å². The van der Waals surface area contributed by atoms with Crippen LogP contribution in [0, 0.1) is 0 Å². The van der Waals surface area contributed by atoms with Gasteiger partial charge in [0, 0.05) is 61.7 Å². The standard InChI is InChI=1S/C60H42N2O2Si/c1-5-20-43(21-6-1)61(46-37-39-58-54(41-46)52-31-14-17-34-57(52)63-58)45-24-19-29-50(40-45)65(48-25-9-3-10-26-48,49-27-11-4-12-28-49)60-35-18-15-32-55(60)62(44-22-7-2-8-23-44)47-36-38-53-51-30-13-16-33-56(51)64-59(53)42-47/h1-42H. The van der Waals surface area contributed by atoms with Gasteiger partial charge in [0.25, 0.3) is 0 Å². The molecule has 0 aliphatic carbocycles. The predicted octanol–water partition coefficient (Wildman–Crippen LogP) is 13.8. The first kappa shape index (κ1) is 38.3. The molecule has 308 valence electrons. The number of nitrogens with zero attached hydrogens (tertiary/aromatic N) is 2. The Balaban J connectivity index is 1.12. The number of fused-ring (bicyclic) bond motifs is 6. The van der Waals surface area contributed by atoms with E-state index in [0.29, 0.717) is 0 Å². The van der Waals surface area contributed by atoms with Crippen LogP contribution >= 0.6 is 0 Å². The first-order valence-corrected chi connectivity index (χ1v) is 24.1. The Morgan fingerprint density at radius 2 is 0.708 bits per heavy atom. The first-order chi connectivity index (χ1) is 32.2. The van der Waals surface area contributed by atoms with Gasteiger partial charge in [-0.1, -0.05) is 164 Å². The van der Waals surface area contributed by atoms with Gasteiger partial charge in [-0.2, -0.15) is 0 Å². The third-order valence-electron chi connectivity index (χ3n) is 12.8. The van der Waals surface area contributed by atoms with Crippen LogP contribution in [-0.4, -0.2) is 8.07 Å². The quantitative estimate of drug-likeness (QED) is 0.101. The molecule has 2 heterocycles. The lowest BCUT2D eigenvalue weighted by atomic mass is 10.1. The molecule has 0 atom stereocenters. The molecule has 0 amide bonds. The Kier molecular flexibility index (Phi) is 9.47. The Bertz CT molecular complexity index is 3580. The second kappa shape index (κ2) is 16.1. The highest BCUT2D eigenvalue weighted by molar-refractivity contribution is 7.20. The van der Waals surface area contributed by atoms with Crippen molar-refractivity contribution in [2.45, 2.75) is 0 Å². The summed E-state index contributed by atoms with van der Waals surface area (Å²) in [6, 6.07) is 91.9. The van der Waals surface area contributed by atoms with Crippen molar-refractivity contribution in [3.05, 3.63) is 255 Å². The number of furan rings is 2. The highest BCUT2D eigenvalue weighted by Gasteiger charge is 2.44. The van der Waals surface area contributed by atoms with E-state index in [1.165, 1.54) is 20.7 Å². The van der Waals surface area contributed by atoms with E-state index in [1.54, 1.807) is 0 Å². The minimum Gasteiger partial charge on any atom is -0.456 e. The smallest absolute Gasteiger partial charge is 0.181 e. The van der Waals surface area contributed by atoms with Gasteiger partial charge in [0.1, 0.15) is 22.3 Å². The van der Waals surface area contributed by atoms with Crippen molar-refractivity contribution in [2.24, 2.45) is 0 Å². The van der Waals surface area contributed by atoms with Crippen LogP contribution in [0.3, 0.4) is 0 Å². The molecule has 10 aromatic carbocycles. The van der Waals surface area contributed by atoms with Crippen molar-refractivity contribution >= 4 is 107 Å². The van der Waals surface area contributed by atoms with Crippen molar-refractivity contribution in [1.29, 1.82) is 0 Å². The van der Waals surface area contributed by atoms with E-state index < -0.39 is 8.07 Å². The van der Waals surface area contributed by atoms with E-state index in [0.717, 1.165) is 78.0 Å². The molecule has 0 aliphatic heterocycles. The topological polar surface area (TPSA) is 32.8 Å². The summed E-state index contributed by atoms with van der Waals surface area (Å²) in [6.45, 7) is 0. The molecule has 2 aromatic heterocycles. The molecule has 5 heteroatoms. The molecule has 0 spiro atoms. The summed E-state index contributed by atoms with van der Waals surface area (Å²) in [7, 11) is -3.21. The normalized spacial score (nSPS) is 11.7. The number of rotatable bonds is 10. The summed E-state index contributed by atoms with van der Waals surface area (Å²) in [5.74, 6) is 0. The lowest BCUT2D eigenvalue weighted by molar-refractivity contribution is 0.668. The highest BCUT2D eigenvalue weighted by atomic mass is 28.3. The molecule has 12 aromatic rings. The monoisotopic (exact) mass is 850 g/mol.